The van der Waals surface area contributed by atoms with Gasteiger partial charge in [0.1, 0.15) is 11.9 Å². The number of rotatable bonds is 2. The molecular weight excluding hydrogens is 347 g/mol. The first-order chi connectivity index (χ1) is 9.79. The number of anilines is 1. The van der Waals surface area contributed by atoms with Gasteiger partial charge in [0.05, 0.1) is 10.6 Å². The maximum Gasteiger partial charge on any atom is 0.326 e. The Kier molecular flexibility index (Phi) is 4.48. The number of likely N-dealkylation sites (tertiary alicyclic amines) is 1. The van der Waals surface area contributed by atoms with Crippen LogP contribution in [0.15, 0.2) is 16.6 Å². The number of aliphatic hydroxyl groups excluding tert-OH is 1. The first kappa shape index (κ1) is 15.7. The van der Waals surface area contributed by atoms with E-state index in [-0.39, 0.29) is 17.4 Å². The summed E-state index contributed by atoms with van der Waals surface area (Å²) in [5.41, 5.74) is 0.884. The van der Waals surface area contributed by atoms with Gasteiger partial charge >= 0.3 is 12.0 Å². The summed E-state index contributed by atoms with van der Waals surface area (Å²) >= 11 is 3.02. The van der Waals surface area contributed by atoms with Crippen LogP contribution in [-0.4, -0.2) is 45.8 Å². The van der Waals surface area contributed by atoms with E-state index >= 15 is 0 Å². The van der Waals surface area contributed by atoms with Crippen LogP contribution in [-0.2, 0) is 4.79 Å². The van der Waals surface area contributed by atoms with E-state index in [1.54, 1.807) is 6.92 Å². The minimum Gasteiger partial charge on any atom is -0.480 e. The van der Waals surface area contributed by atoms with Gasteiger partial charge in [-0.3, -0.25) is 0 Å². The molecule has 1 heterocycles. The first-order valence-corrected chi connectivity index (χ1v) is 7.03. The second-order valence-electron chi connectivity index (χ2n) is 4.91. The van der Waals surface area contributed by atoms with Crippen molar-refractivity contribution in [3.05, 3.63) is 28.0 Å². The lowest BCUT2D eigenvalue weighted by molar-refractivity contribution is -0.141. The Morgan fingerprint density at radius 2 is 2.14 bits per heavy atom. The van der Waals surface area contributed by atoms with E-state index in [1.807, 2.05) is 0 Å². The van der Waals surface area contributed by atoms with Crippen molar-refractivity contribution in [2.75, 3.05) is 11.9 Å². The van der Waals surface area contributed by atoms with Gasteiger partial charge in [0, 0.05) is 18.7 Å². The number of hydrogen-bond donors (Lipinski definition) is 3. The Hall–Kier alpha value is -1.67. The van der Waals surface area contributed by atoms with Crippen LogP contribution in [0.5, 0.6) is 0 Å². The number of aliphatic hydroxyl groups is 1. The van der Waals surface area contributed by atoms with E-state index in [1.165, 1.54) is 12.1 Å². The molecule has 0 radical (unpaired) electrons. The standard InChI is InChI=1S/C13H14BrFN2O4/c1-6-2-9(15)8(14)4-10(6)16-13(21)17-5-7(18)3-11(17)12(19)20/h2,4,7,11,18H,3,5H2,1H3,(H,16,21)(H,19,20)/t7-,11-/m1/s1. The lowest BCUT2D eigenvalue weighted by Gasteiger charge is -2.22. The third-order valence-electron chi connectivity index (χ3n) is 3.33. The van der Waals surface area contributed by atoms with Crippen molar-refractivity contribution in [3.63, 3.8) is 0 Å². The Balaban J connectivity index is 2.18. The predicted octanol–water partition coefficient (Wildman–Crippen LogP) is 1.95. The first-order valence-electron chi connectivity index (χ1n) is 6.23. The molecule has 1 saturated heterocycles. The second-order valence-corrected chi connectivity index (χ2v) is 5.76. The topological polar surface area (TPSA) is 89.9 Å². The number of urea groups is 1. The fourth-order valence-electron chi connectivity index (χ4n) is 2.24. The van der Waals surface area contributed by atoms with Crippen molar-refractivity contribution in [3.8, 4) is 0 Å². The quantitative estimate of drug-likeness (QED) is 0.751. The number of nitrogens with one attached hydrogen (secondary N) is 1. The highest BCUT2D eigenvalue weighted by Crippen LogP contribution is 2.26. The van der Waals surface area contributed by atoms with Gasteiger partial charge in [-0.2, -0.15) is 0 Å². The highest BCUT2D eigenvalue weighted by Gasteiger charge is 2.39. The molecule has 114 valence electrons. The fourth-order valence-corrected chi connectivity index (χ4v) is 2.58. The van der Waals surface area contributed by atoms with E-state index in [0.29, 0.717) is 11.3 Å². The molecule has 1 aliphatic heterocycles. The van der Waals surface area contributed by atoms with Crippen molar-refractivity contribution < 1.29 is 24.2 Å². The molecule has 1 aromatic rings. The molecule has 2 atom stereocenters. The van der Waals surface area contributed by atoms with Crippen LogP contribution in [0.2, 0.25) is 0 Å². The molecular formula is C13H14BrFN2O4. The summed E-state index contributed by atoms with van der Waals surface area (Å²) in [6.45, 7) is 1.57. The molecule has 2 rings (SSSR count). The molecule has 1 fully saturated rings. The molecule has 0 aromatic heterocycles. The van der Waals surface area contributed by atoms with Crippen LogP contribution in [0.1, 0.15) is 12.0 Å². The minimum absolute atomic E-state index is 0.00511. The number of nitrogens with zero attached hydrogens (tertiary/aromatic N) is 1. The molecule has 1 aromatic carbocycles. The summed E-state index contributed by atoms with van der Waals surface area (Å²) in [5.74, 6) is -1.62. The summed E-state index contributed by atoms with van der Waals surface area (Å²) < 4.78 is 13.5. The van der Waals surface area contributed by atoms with Gasteiger partial charge < -0.3 is 20.4 Å². The molecule has 0 saturated carbocycles. The Morgan fingerprint density at radius 3 is 2.76 bits per heavy atom. The van der Waals surface area contributed by atoms with Crippen molar-refractivity contribution >= 4 is 33.6 Å². The van der Waals surface area contributed by atoms with Gasteiger partial charge in [0.25, 0.3) is 0 Å². The van der Waals surface area contributed by atoms with Gasteiger partial charge in [-0.15, -0.1) is 0 Å². The largest absolute Gasteiger partial charge is 0.480 e. The summed E-state index contributed by atoms with van der Waals surface area (Å²) in [4.78, 5) is 24.3. The number of carboxylic acid groups (broad SMARTS) is 1. The monoisotopic (exact) mass is 360 g/mol. The summed E-state index contributed by atoms with van der Waals surface area (Å²) in [5, 5.41) is 21.1. The fraction of sp³-hybridized carbons (Fsp3) is 0.385. The van der Waals surface area contributed by atoms with E-state index < -0.39 is 30.0 Å². The van der Waals surface area contributed by atoms with E-state index in [2.05, 4.69) is 21.2 Å². The lowest BCUT2D eigenvalue weighted by atomic mass is 10.2. The van der Waals surface area contributed by atoms with E-state index in [4.69, 9.17) is 5.11 Å². The smallest absolute Gasteiger partial charge is 0.326 e. The van der Waals surface area contributed by atoms with Crippen molar-refractivity contribution in [2.45, 2.75) is 25.5 Å². The molecule has 0 unspecified atom stereocenters. The average Bonchev–Trinajstić information content (AvgIpc) is 2.78. The van der Waals surface area contributed by atoms with Gasteiger partial charge in [-0.05, 0) is 40.5 Å². The normalized spacial score (nSPS) is 21.4. The zero-order valence-corrected chi connectivity index (χ0v) is 12.7. The zero-order chi connectivity index (χ0) is 15.7. The Morgan fingerprint density at radius 1 is 1.48 bits per heavy atom. The number of aryl methyl sites for hydroxylation is 1. The van der Waals surface area contributed by atoms with Crippen LogP contribution in [0, 0.1) is 12.7 Å². The molecule has 2 amide bonds. The molecule has 6 nitrogen and oxygen atoms in total. The summed E-state index contributed by atoms with van der Waals surface area (Å²) in [7, 11) is 0. The number of halogens is 2. The highest BCUT2D eigenvalue weighted by molar-refractivity contribution is 9.10. The van der Waals surface area contributed by atoms with Gasteiger partial charge in [0.15, 0.2) is 0 Å². The van der Waals surface area contributed by atoms with Gasteiger partial charge in [-0.25, -0.2) is 14.0 Å². The van der Waals surface area contributed by atoms with E-state index in [0.717, 1.165) is 4.90 Å². The maximum absolute atomic E-state index is 13.3. The van der Waals surface area contributed by atoms with Crippen LogP contribution in [0.3, 0.4) is 0 Å². The second kappa shape index (κ2) is 5.98. The van der Waals surface area contributed by atoms with Crippen molar-refractivity contribution in [1.29, 1.82) is 0 Å². The third kappa shape index (κ3) is 3.33. The summed E-state index contributed by atoms with van der Waals surface area (Å²) in [6, 6.07) is 0.961. The van der Waals surface area contributed by atoms with Crippen LogP contribution in [0.4, 0.5) is 14.9 Å². The number of hydrogen-bond acceptors (Lipinski definition) is 3. The van der Waals surface area contributed by atoms with Crippen LogP contribution >= 0.6 is 15.9 Å². The number of benzene rings is 1. The number of β-amino-alcohol motifs (C(OH)–C–C–N with tert-alkyl or cyclic N) is 1. The molecule has 8 heteroatoms. The number of carbonyl (C=O) groups excluding carboxylic acids is 1. The lowest BCUT2D eigenvalue weighted by Crippen LogP contribution is -2.43. The van der Waals surface area contributed by atoms with Crippen molar-refractivity contribution in [2.24, 2.45) is 0 Å². The number of carboxylic acids is 1. The Labute approximate surface area is 128 Å². The zero-order valence-electron chi connectivity index (χ0n) is 11.1. The third-order valence-corrected chi connectivity index (χ3v) is 3.94. The molecule has 0 aliphatic carbocycles. The highest BCUT2D eigenvalue weighted by atomic mass is 79.9. The maximum atomic E-state index is 13.3. The van der Waals surface area contributed by atoms with Gasteiger partial charge in [0.2, 0.25) is 0 Å². The molecule has 1 aliphatic rings. The number of amides is 2. The van der Waals surface area contributed by atoms with Gasteiger partial charge in [-0.1, -0.05) is 0 Å². The summed E-state index contributed by atoms with van der Waals surface area (Å²) in [6.07, 6.45) is -0.868. The minimum atomic E-state index is -1.17. The molecule has 0 spiro atoms. The SMILES string of the molecule is Cc1cc(F)c(Br)cc1NC(=O)N1C[C@H](O)C[C@@H]1C(=O)O. The predicted molar refractivity (Wildman–Crippen MR) is 76.6 cm³/mol. The molecule has 3 N–H and O–H groups in total. The molecule has 0 bridgehead atoms. The van der Waals surface area contributed by atoms with Crippen molar-refractivity contribution in [1.82, 2.24) is 4.90 Å². The van der Waals surface area contributed by atoms with Crippen LogP contribution in [0.25, 0.3) is 0 Å². The number of aliphatic carboxylic acids is 1. The van der Waals surface area contributed by atoms with E-state index in [9.17, 15) is 19.1 Å². The average molecular weight is 361 g/mol. The van der Waals surface area contributed by atoms with Crippen LogP contribution < -0.4 is 5.32 Å². The Bertz CT molecular complexity index is 596. The number of carbonyl (C=O) groups is 2. The molecule has 21 heavy (non-hydrogen) atoms.